The highest BCUT2D eigenvalue weighted by Crippen LogP contribution is 2.11. The van der Waals surface area contributed by atoms with Crippen LogP contribution in [0.5, 0.6) is 0 Å². The molecule has 1 aromatic heterocycles. The van der Waals surface area contributed by atoms with Crippen molar-refractivity contribution in [2.24, 2.45) is 0 Å². The fourth-order valence-corrected chi connectivity index (χ4v) is 2.68. The van der Waals surface area contributed by atoms with E-state index in [1.807, 2.05) is 0 Å². The molecule has 1 aromatic carbocycles. The van der Waals surface area contributed by atoms with E-state index in [2.05, 4.69) is 15.6 Å². The number of halogens is 1. The molecule has 0 spiro atoms. The predicted octanol–water partition coefficient (Wildman–Crippen LogP) is 1.82. The van der Waals surface area contributed by atoms with E-state index < -0.39 is 6.04 Å². The molecule has 24 heavy (non-hydrogen) atoms. The van der Waals surface area contributed by atoms with E-state index in [0.29, 0.717) is 30.6 Å². The van der Waals surface area contributed by atoms with Crippen LogP contribution in [0.15, 0.2) is 42.6 Å². The minimum atomic E-state index is -0.486. The molecule has 5 nitrogen and oxygen atoms in total. The van der Waals surface area contributed by atoms with Crippen LogP contribution in [0.1, 0.15) is 34.5 Å². The Labute approximate surface area is 139 Å². The van der Waals surface area contributed by atoms with Gasteiger partial charge in [-0.1, -0.05) is 12.1 Å². The number of carbonyl (C=O) groups excluding carboxylic acids is 2. The van der Waals surface area contributed by atoms with Crippen LogP contribution in [-0.2, 0) is 11.2 Å². The standard InChI is InChI=1S/C18H18FN3O2/c19-14-5-3-12(4-6-14)10-15-11-13(7-9-20-15)17(23)22-16-2-1-8-21-18(16)24/h3-7,9,11,16H,1-2,8,10H2,(H,21,24)(H,22,23)/t16-/m0/s1. The topological polar surface area (TPSA) is 71.1 Å². The Kier molecular flexibility index (Phi) is 4.84. The Morgan fingerprint density at radius 1 is 1.29 bits per heavy atom. The van der Waals surface area contributed by atoms with Crippen molar-refractivity contribution in [2.75, 3.05) is 6.54 Å². The van der Waals surface area contributed by atoms with Crippen molar-refractivity contribution in [1.82, 2.24) is 15.6 Å². The highest BCUT2D eigenvalue weighted by molar-refractivity contribution is 5.97. The molecule has 1 aliphatic heterocycles. The second-order valence-corrected chi connectivity index (χ2v) is 5.80. The van der Waals surface area contributed by atoms with Gasteiger partial charge in [0.05, 0.1) is 0 Å². The molecule has 0 unspecified atom stereocenters. The van der Waals surface area contributed by atoms with Crippen LogP contribution in [0.25, 0.3) is 0 Å². The predicted molar refractivity (Wildman–Crippen MR) is 86.9 cm³/mol. The molecule has 6 heteroatoms. The number of aromatic nitrogens is 1. The van der Waals surface area contributed by atoms with E-state index in [0.717, 1.165) is 12.0 Å². The highest BCUT2D eigenvalue weighted by Gasteiger charge is 2.24. The Bertz CT molecular complexity index is 746. The van der Waals surface area contributed by atoms with Gasteiger partial charge in [0.25, 0.3) is 5.91 Å². The third-order valence-corrected chi connectivity index (χ3v) is 3.97. The first-order chi connectivity index (χ1) is 11.6. The number of benzene rings is 1. The Balaban J connectivity index is 1.68. The number of nitrogens with zero attached hydrogens (tertiary/aromatic N) is 1. The summed E-state index contributed by atoms with van der Waals surface area (Å²) in [6.07, 6.45) is 3.56. The second-order valence-electron chi connectivity index (χ2n) is 5.80. The van der Waals surface area contributed by atoms with Gasteiger partial charge in [-0.2, -0.15) is 0 Å². The number of hydrogen-bond acceptors (Lipinski definition) is 3. The van der Waals surface area contributed by atoms with Crippen molar-refractivity contribution in [3.8, 4) is 0 Å². The maximum atomic E-state index is 12.9. The van der Waals surface area contributed by atoms with Gasteiger partial charge in [-0.3, -0.25) is 14.6 Å². The van der Waals surface area contributed by atoms with Crippen molar-refractivity contribution in [3.63, 3.8) is 0 Å². The lowest BCUT2D eigenvalue weighted by molar-refractivity contribution is -0.124. The lowest BCUT2D eigenvalue weighted by Crippen LogP contribution is -2.50. The van der Waals surface area contributed by atoms with Crippen LogP contribution in [0.4, 0.5) is 4.39 Å². The van der Waals surface area contributed by atoms with Gasteiger partial charge >= 0.3 is 0 Å². The third kappa shape index (κ3) is 3.95. The first-order valence-corrected chi connectivity index (χ1v) is 7.90. The van der Waals surface area contributed by atoms with Gasteiger partial charge in [-0.15, -0.1) is 0 Å². The molecule has 1 saturated heterocycles. The van der Waals surface area contributed by atoms with Gasteiger partial charge in [-0.05, 0) is 42.7 Å². The molecule has 0 bridgehead atoms. The van der Waals surface area contributed by atoms with Crippen molar-refractivity contribution < 1.29 is 14.0 Å². The molecule has 1 atom stereocenters. The average Bonchev–Trinajstić information content (AvgIpc) is 2.59. The summed E-state index contributed by atoms with van der Waals surface area (Å²) in [4.78, 5) is 28.3. The summed E-state index contributed by atoms with van der Waals surface area (Å²) < 4.78 is 12.9. The zero-order valence-corrected chi connectivity index (χ0v) is 13.1. The molecule has 0 radical (unpaired) electrons. The maximum absolute atomic E-state index is 12.9. The Morgan fingerprint density at radius 3 is 2.83 bits per heavy atom. The zero-order valence-electron chi connectivity index (χ0n) is 13.1. The van der Waals surface area contributed by atoms with E-state index >= 15 is 0 Å². The summed E-state index contributed by atoms with van der Waals surface area (Å²) in [6.45, 7) is 0.655. The molecule has 2 aromatic rings. The molecule has 0 saturated carbocycles. The van der Waals surface area contributed by atoms with Crippen LogP contribution in [0, 0.1) is 5.82 Å². The van der Waals surface area contributed by atoms with Crippen LogP contribution in [0.2, 0.25) is 0 Å². The highest BCUT2D eigenvalue weighted by atomic mass is 19.1. The van der Waals surface area contributed by atoms with Crippen LogP contribution >= 0.6 is 0 Å². The number of nitrogens with one attached hydrogen (secondary N) is 2. The molecule has 124 valence electrons. The largest absolute Gasteiger partial charge is 0.354 e. The van der Waals surface area contributed by atoms with Gasteiger partial charge in [0.1, 0.15) is 11.9 Å². The van der Waals surface area contributed by atoms with E-state index in [4.69, 9.17) is 0 Å². The molecule has 1 fully saturated rings. The van der Waals surface area contributed by atoms with E-state index in [1.165, 1.54) is 12.1 Å². The zero-order chi connectivity index (χ0) is 16.9. The number of piperidine rings is 1. The molecule has 1 aliphatic rings. The van der Waals surface area contributed by atoms with Crippen molar-refractivity contribution >= 4 is 11.8 Å². The number of hydrogen-bond donors (Lipinski definition) is 2. The molecule has 2 N–H and O–H groups in total. The molecule has 2 heterocycles. The van der Waals surface area contributed by atoms with Crippen LogP contribution < -0.4 is 10.6 Å². The monoisotopic (exact) mass is 327 g/mol. The number of rotatable bonds is 4. The lowest BCUT2D eigenvalue weighted by atomic mass is 10.1. The van der Waals surface area contributed by atoms with Crippen molar-refractivity contribution in [1.29, 1.82) is 0 Å². The van der Waals surface area contributed by atoms with Gasteiger partial charge in [0, 0.05) is 30.4 Å². The van der Waals surface area contributed by atoms with E-state index in [9.17, 15) is 14.0 Å². The third-order valence-electron chi connectivity index (χ3n) is 3.97. The van der Waals surface area contributed by atoms with Gasteiger partial charge in [0.2, 0.25) is 5.91 Å². The normalized spacial score (nSPS) is 17.2. The summed E-state index contributed by atoms with van der Waals surface area (Å²) in [6, 6.07) is 9.00. The number of amides is 2. The van der Waals surface area contributed by atoms with Crippen molar-refractivity contribution in [2.45, 2.75) is 25.3 Å². The summed E-state index contributed by atoms with van der Waals surface area (Å²) in [5.74, 6) is -0.722. The van der Waals surface area contributed by atoms with E-state index in [-0.39, 0.29) is 17.6 Å². The minimum absolute atomic E-state index is 0.143. The summed E-state index contributed by atoms with van der Waals surface area (Å²) in [5, 5.41) is 5.50. The van der Waals surface area contributed by atoms with Gasteiger partial charge in [-0.25, -0.2) is 4.39 Å². The van der Waals surface area contributed by atoms with E-state index in [1.54, 1.807) is 30.5 Å². The van der Waals surface area contributed by atoms with Crippen LogP contribution in [-0.4, -0.2) is 29.4 Å². The fourth-order valence-electron chi connectivity index (χ4n) is 2.68. The summed E-state index contributed by atoms with van der Waals surface area (Å²) >= 11 is 0. The molecule has 3 rings (SSSR count). The molecule has 2 amide bonds. The fraction of sp³-hybridized carbons (Fsp3) is 0.278. The lowest BCUT2D eigenvalue weighted by Gasteiger charge is -2.22. The molecular formula is C18H18FN3O2. The summed E-state index contributed by atoms with van der Waals surface area (Å²) in [5.41, 5.74) is 2.08. The average molecular weight is 327 g/mol. The quantitative estimate of drug-likeness (QED) is 0.900. The molecule has 0 aliphatic carbocycles. The van der Waals surface area contributed by atoms with Crippen LogP contribution in [0.3, 0.4) is 0 Å². The first-order valence-electron chi connectivity index (χ1n) is 7.90. The maximum Gasteiger partial charge on any atom is 0.252 e. The number of pyridine rings is 1. The smallest absolute Gasteiger partial charge is 0.252 e. The Hall–Kier alpha value is -2.76. The molecular weight excluding hydrogens is 309 g/mol. The second kappa shape index (κ2) is 7.21. The summed E-state index contributed by atoms with van der Waals surface area (Å²) in [7, 11) is 0. The first kappa shape index (κ1) is 16.1. The van der Waals surface area contributed by atoms with Crippen molar-refractivity contribution in [3.05, 3.63) is 65.2 Å². The Morgan fingerprint density at radius 2 is 2.08 bits per heavy atom. The van der Waals surface area contributed by atoms with Gasteiger partial charge in [0.15, 0.2) is 0 Å². The number of carbonyl (C=O) groups is 2. The SMILES string of the molecule is O=C(N[C@H]1CCCNC1=O)c1ccnc(Cc2ccc(F)cc2)c1. The minimum Gasteiger partial charge on any atom is -0.354 e. The van der Waals surface area contributed by atoms with Gasteiger partial charge < -0.3 is 10.6 Å².